The van der Waals surface area contributed by atoms with Crippen LogP contribution in [0.3, 0.4) is 0 Å². The highest BCUT2D eigenvalue weighted by molar-refractivity contribution is 5.92. The molecule has 0 fully saturated rings. The summed E-state index contributed by atoms with van der Waals surface area (Å²) < 4.78 is 21.4. The number of ether oxygens (including phenoxy) is 4. The van der Waals surface area contributed by atoms with E-state index in [9.17, 15) is 9.90 Å². The summed E-state index contributed by atoms with van der Waals surface area (Å²) in [6.07, 6.45) is 0.404. The van der Waals surface area contributed by atoms with Crippen LogP contribution in [0.4, 0.5) is 0 Å². The molecule has 0 aliphatic carbocycles. The van der Waals surface area contributed by atoms with Crippen LogP contribution < -0.4 is 24.5 Å². The van der Waals surface area contributed by atoms with Crippen molar-refractivity contribution in [2.75, 3.05) is 35.0 Å². The van der Waals surface area contributed by atoms with Gasteiger partial charge in [-0.05, 0) is 41.6 Å². The molecule has 0 spiro atoms. The number of methoxy groups -OCH3 is 4. The predicted octanol–water partition coefficient (Wildman–Crippen LogP) is 2.76. The molecular formula is C21H23NO6. The molecular weight excluding hydrogens is 362 g/mol. The Bertz CT molecular complexity index is 1060. The third-order valence-electron chi connectivity index (χ3n) is 4.63. The lowest BCUT2D eigenvalue weighted by Crippen LogP contribution is -2.10. The monoisotopic (exact) mass is 385 g/mol. The summed E-state index contributed by atoms with van der Waals surface area (Å²) >= 11 is 0. The third kappa shape index (κ3) is 3.36. The summed E-state index contributed by atoms with van der Waals surface area (Å²) in [6.45, 7) is -0.0364. The number of aliphatic hydroxyl groups is 1. The topological polar surface area (TPSA) is 90.0 Å². The molecule has 28 heavy (non-hydrogen) atoms. The van der Waals surface area contributed by atoms with E-state index in [1.807, 2.05) is 18.2 Å². The fraction of sp³-hybridized carbons (Fsp3) is 0.286. The van der Waals surface area contributed by atoms with Crippen molar-refractivity contribution in [3.8, 4) is 34.3 Å². The SMILES string of the molecule is COc1cc(CCO)c(-c2cc3ccc(OC)c(OC)c3c(=O)[nH]2)cc1OC. The van der Waals surface area contributed by atoms with Gasteiger partial charge in [0.05, 0.1) is 33.8 Å². The zero-order chi connectivity index (χ0) is 20.3. The number of hydrogen-bond acceptors (Lipinski definition) is 6. The fourth-order valence-corrected chi connectivity index (χ4v) is 3.32. The minimum atomic E-state index is -0.298. The lowest BCUT2D eigenvalue weighted by atomic mass is 9.98. The van der Waals surface area contributed by atoms with E-state index in [0.717, 1.165) is 11.1 Å². The van der Waals surface area contributed by atoms with Gasteiger partial charge in [-0.2, -0.15) is 0 Å². The van der Waals surface area contributed by atoms with Crippen LogP contribution in [0, 0.1) is 0 Å². The molecule has 0 aliphatic heterocycles. The number of benzene rings is 2. The number of aromatic nitrogens is 1. The van der Waals surface area contributed by atoms with Crippen LogP contribution in [-0.4, -0.2) is 45.1 Å². The first kappa shape index (κ1) is 19.6. The number of nitrogens with one attached hydrogen (secondary N) is 1. The molecule has 0 atom stereocenters. The number of H-pyrrole nitrogens is 1. The summed E-state index contributed by atoms with van der Waals surface area (Å²) in [7, 11) is 6.13. The first-order valence-electron chi connectivity index (χ1n) is 8.72. The normalized spacial score (nSPS) is 10.8. The van der Waals surface area contributed by atoms with Crippen molar-refractivity contribution in [1.82, 2.24) is 4.98 Å². The summed E-state index contributed by atoms with van der Waals surface area (Å²) in [5.74, 6) is 1.97. The van der Waals surface area contributed by atoms with E-state index in [0.29, 0.717) is 45.9 Å². The maximum Gasteiger partial charge on any atom is 0.260 e. The molecule has 1 aromatic heterocycles. The van der Waals surface area contributed by atoms with Gasteiger partial charge in [-0.3, -0.25) is 4.79 Å². The van der Waals surface area contributed by atoms with Gasteiger partial charge in [-0.25, -0.2) is 0 Å². The molecule has 0 unspecified atom stereocenters. The third-order valence-corrected chi connectivity index (χ3v) is 4.63. The van der Waals surface area contributed by atoms with E-state index in [2.05, 4.69) is 4.98 Å². The second kappa shape index (κ2) is 8.22. The van der Waals surface area contributed by atoms with E-state index in [1.54, 1.807) is 26.4 Å². The van der Waals surface area contributed by atoms with Gasteiger partial charge in [-0.1, -0.05) is 6.07 Å². The van der Waals surface area contributed by atoms with Gasteiger partial charge in [0, 0.05) is 17.9 Å². The summed E-state index contributed by atoms with van der Waals surface area (Å²) in [6, 6.07) is 9.03. The van der Waals surface area contributed by atoms with Crippen LogP contribution in [0.25, 0.3) is 22.0 Å². The van der Waals surface area contributed by atoms with Crippen molar-refractivity contribution in [2.45, 2.75) is 6.42 Å². The molecule has 1 heterocycles. The Hall–Kier alpha value is -3.19. The van der Waals surface area contributed by atoms with E-state index >= 15 is 0 Å². The minimum absolute atomic E-state index is 0.0364. The van der Waals surface area contributed by atoms with Gasteiger partial charge in [0.25, 0.3) is 5.56 Å². The van der Waals surface area contributed by atoms with Crippen molar-refractivity contribution in [1.29, 1.82) is 0 Å². The van der Waals surface area contributed by atoms with Gasteiger partial charge in [-0.15, -0.1) is 0 Å². The van der Waals surface area contributed by atoms with Crippen LogP contribution >= 0.6 is 0 Å². The molecule has 0 aliphatic rings. The number of rotatable bonds is 7. The highest BCUT2D eigenvalue weighted by Gasteiger charge is 2.17. The quantitative estimate of drug-likeness (QED) is 0.650. The average Bonchev–Trinajstić information content (AvgIpc) is 2.72. The number of aliphatic hydroxyl groups excluding tert-OH is 1. The number of hydrogen-bond donors (Lipinski definition) is 2. The molecule has 7 heteroatoms. The van der Waals surface area contributed by atoms with Crippen LogP contribution in [-0.2, 0) is 6.42 Å². The molecule has 2 aromatic carbocycles. The van der Waals surface area contributed by atoms with E-state index < -0.39 is 0 Å². The maximum atomic E-state index is 12.9. The van der Waals surface area contributed by atoms with Crippen molar-refractivity contribution >= 4 is 10.8 Å². The fourth-order valence-electron chi connectivity index (χ4n) is 3.32. The molecule has 3 rings (SSSR count). The van der Waals surface area contributed by atoms with E-state index in [-0.39, 0.29) is 12.2 Å². The second-order valence-electron chi connectivity index (χ2n) is 6.12. The van der Waals surface area contributed by atoms with Crippen molar-refractivity contribution in [3.05, 3.63) is 46.2 Å². The molecule has 0 bridgehead atoms. The van der Waals surface area contributed by atoms with Crippen LogP contribution in [0.15, 0.2) is 35.1 Å². The molecule has 7 nitrogen and oxygen atoms in total. The molecule has 3 aromatic rings. The van der Waals surface area contributed by atoms with Crippen molar-refractivity contribution in [2.24, 2.45) is 0 Å². The molecule has 2 N–H and O–H groups in total. The molecule has 0 saturated carbocycles. The van der Waals surface area contributed by atoms with Crippen molar-refractivity contribution in [3.63, 3.8) is 0 Å². The zero-order valence-electron chi connectivity index (χ0n) is 16.3. The Morgan fingerprint density at radius 3 is 2.18 bits per heavy atom. The highest BCUT2D eigenvalue weighted by Crippen LogP contribution is 2.38. The Labute approximate surface area is 162 Å². The Kier molecular flexibility index (Phi) is 5.75. The van der Waals surface area contributed by atoms with Crippen molar-refractivity contribution < 1.29 is 24.1 Å². The highest BCUT2D eigenvalue weighted by atomic mass is 16.5. The maximum absolute atomic E-state index is 12.9. The van der Waals surface area contributed by atoms with E-state index in [4.69, 9.17) is 18.9 Å². The number of aromatic amines is 1. The Balaban J connectivity index is 2.28. The average molecular weight is 385 g/mol. The number of pyridine rings is 1. The van der Waals surface area contributed by atoms with Crippen LogP contribution in [0.1, 0.15) is 5.56 Å². The van der Waals surface area contributed by atoms with Gasteiger partial charge in [0.15, 0.2) is 23.0 Å². The first-order valence-corrected chi connectivity index (χ1v) is 8.72. The number of fused-ring (bicyclic) bond motifs is 1. The lowest BCUT2D eigenvalue weighted by Gasteiger charge is -2.16. The predicted molar refractivity (Wildman–Crippen MR) is 107 cm³/mol. The molecule has 0 radical (unpaired) electrons. The molecule has 0 amide bonds. The summed E-state index contributed by atoms with van der Waals surface area (Å²) in [5, 5.41) is 10.6. The minimum Gasteiger partial charge on any atom is -0.493 e. The standard InChI is InChI=1S/C21H23NO6/c1-25-16-6-5-13-9-15(22-21(24)19(13)20(16)28-4)14-11-18(27-3)17(26-2)10-12(14)7-8-23/h5-6,9-11,23H,7-8H2,1-4H3,(H,22,24). The smallest absolute Gasteiger partial charge is 0.260 e. The molecule has 0 saturated heterocycles. The first-order chi connectivity index (χ1) is 13.6. The summed E-state index contributed by atoms with van der Waals surface area (Å²) in [5.41, 5.74) is 1.89. The Morgan fingerprint density at radius 2 is 1.57 bits per heavy atom. The van der Waals surface area contributed by atoms with Gasteiger partial charge in [0.2, 0.25) is 0 Å². The second-order valence-corrected chi connectivity index (χ2v) is 6.12. The van der Waals surface area contributed by atoms with Gasteiger partial charge >= 0.3 is 0 Å². The molecule has 148 valence electrons. The largest absolute Gasteiger partial charge is 0.493 e. The van der Waals surface area contributed by atoms with Gasteiger partial charge < -0.3 is 29.0 Å². The van der Waals surface area contributed by atoms with E-state index in [1.165, 1.54) is 14.2 Å². The summed E-state index contributed by atoms with van der Waals surface area (Å²) in [4.78, 5) is 15.8. The van der Waals surface area contributed by atoms with Crippen LogP contribution in [0.5, 0.6) is 23.0 Å². The Morgan fingerprint density at radius 1 is 0.893 bits per heavy atom. The lowest BCUT2D eigenvalue weighted by molar-refractivity contribution is 0.299. The van der Waals surface area contributed by atoms with Gasteiger partial charge in [0.1, 0.15) is 0 Å². The van der Waals surface area contributed by atoms with Crippen LogP contribution in [0.2, 0.25) is 0 Å². The zero-order valence-corrected chi connectivity index (χ0v) is 16.3.